The van der Waals surface area contributed by atoms with Crippen molar-refractivity contribution in [1.29, 1.82) is 0 Å². The normalized spacial score (nSPS) is 15.2. The zero-order valence-corrected chi connectivity index (χ0v) is 13.3. The fraction of sp³-hybridized carbons (Fsp3) is 0.500. The molecule has 0 fully saturated rings. The van der Waals surface area contributed by atoms with E-state index < -0.39 is 0 Å². The molecule has 0 radical (unpaired) electrons. The molecule has 2 unspecified atom stereocenters. The van der Waals surface area contributed by atoms with Crippen LogP contribution in [0.5, 0.6) is 0 Å². The quantitative estimate of drug-likeness (QED) is 0.892. The molecule has 2 aromatic rings. The summed E-state index contributed by atoms with van der Waals surface area (Å²) in [5, 5.41) is 4.81. The zero-order valence-electron chi connectivity index (χ0n) is 13.3. The first-order valence-electron chi connectivity index (χ1n) is 7.46. The molecular formula is C18H26N2. The molecule has 0 bridgehead atoms. The Labute approximate surface area is 122 Å². The molecule has 0 saturated carbocycles. The van der Waals surface area contributed by atoms with Gasteiger partial charge in [0, 0.05) is 17.1 Å². The van der Waals surface area contributed by atoms with Crippen molar-refractivity contribution in [1.82, 2.24) is 10.3 Å². The van der Waals surface area contributed by atoms with E-state index >= 15 is 0 Å². The van der Waals surface area contributed by atoms with Crippen LogP contribution in [-0.2, 0) is 0 Å². The number of pyridine rings is 1. The second-order valence-electron chi connectivity index (χ2n) is 6.85. The van der Waals surface area contributed by atoms with Gasteiger partial charge in [-0.3, -0.25) is 4.98 Å². The smallest absolute Gasteiger partial charge is 0.0704 e. The van der Waals surface area contributed by atoms with Crippen LogP contribution >= 0.6 is 0 Å². The van der Waals surface area contributed by atoms with Crippen LogP contribution in [0.1, 0.15) is 46.1 Å². The number of rotatable bonds is 4. The highest BCUT2D eigenvalue weighted by molar-refractivity contribution is 5.78. The Kier molecular flexibility index (Phi) is 4.44. The Morgan fingerprint density at radius 3 is 2.60 bits per heavy atom. The van der Waals surface area contributed by atoms with Gasteiger partial charge in [-0.05, 0) is 56.8 Å². The van der Waals surface area contributed by atoms with Gasteiger partial charge in [-0.1, -0.05) is 32.0 Å². The summed E-state index contributed by atoms with van der Waals surface area (Å²) >= 11 is 0. The highest BCUT2D eigenvalue weighted by atomic mass is 14.9. The number of hydrogen-bond acceptors (Lipinski definition) is 2. The van der Waals surface area contributed by atoms with E-state index in [1.54, 1.807) is 0 Å². The van der Waals surface area contributed by atoms with Gasteiger partial charge >= 0.3 is 0 Å². The van der Waals surface area contributed by atoms with Crippen LogP contribution in [0.4, 0.5) is 0 Å². The fourth-order valence-corrected chi connectivity index (χ4v) is 2.34. The lowest BCUT2D eigenvalue weighted by Gasteiger charge is -2.27. The van der Waals surface area contributed by atoms with Gasteiger partial charge in [0.2, 0.25) is 0 Å². The maximum absolute atomic E-state index is 4.45. The van der Waals surface area contributed by atoms with Gasteiger partial charge in [0.15, 0.2) is 0 Å². The summed E-state index contributed by atoms with van der Waals surface area (Å²) in [4.78, 5) is 4.45. The third-order valence-corrected chi connectivity index (χ3v) is 3.96. The molecule has 0 aliphatic heterocycles. The molecule has 2 nitrogen and oxygen atoms in total. The first-order chi connectivity index (χ1) is 9.37. The molecule has 1 aromatic heterocycles. The van der Waals surface area contributed by atoms with Crippen LogP contribution in [0.2, 0.25) is 0 Å². The highest BCUT2D eigenvalue weighted by Crippen LogP contribution is 2.26. The average Bonchev–Trinajstić information content (AvgIpc) is 2.42. The minimum absolute atomic E-state index is 0.179. The maximum atomic E-state index is 4.45. The minimum atomic E-state index is 0.179. The van der Waals surface area contributed by atoms with Gasteiger partial charge in [-0.25, -0.2) is 0 Å². The summed E-state index contributed by atoms with van der Waals surface area (Å²) < 4.78 is 0. The molecule has 0 amide bonds. The molecule has 2 atom stereocenters. The first-order valence-corrected chi connectivity index (χ1v) is 7.46. The van der Waals surface area contributed by atoms with Crippen molar-refractivity contribution in [3.05, 3.63) is 42.1 Å². The van der Waals surface area contributed by atoms with Crippen molar-refractivity contribution in [2.24, 2.45) is 5.92 Å². The third kappa shape index (κ3) is 3.80. The van der Waals surface area contributed by atoms with Gasteiger partial charge in [0.05, 0.1) is 5.52 Å². The topological polar surface area (TPSA) is 24.9 Å². The maximum Gasteiger partial charge on any atom is 0.0704 e. The van der Waals surface area contributed by atoms with Crippen molar-refractivity contribution in [2.75, 3.05) is 6.54 Å². The van der Waals surface area contributed by atoms with Crippen LogP contribution in [0.3, 0.4) is 0 Å². The SMILES string of the molecule is CC(CNC(C)(C)C)C(C)c1ccc2cccnc2c1. The van der Waals surface area contributed by atoms with Gasteiger partial charge in [0.25, 0.3) is 0 Å². The monoisotopic (exact) mass is 270 g/mol. The molecule has 0 saturated heterocycles. The number of fused-ring (bicyclic) bond motifs is 1. The molecule has 0 spiro atoms. The Morgan fingerprint density at radius 1 is 1.15 bits per heavy atom. The van der Waals surface area contributed by atoms with E-state index in [9.17, 15) is 0 Å². The summed E-state index contributed by atoms with van der Waals surface area (Å²) in [6.07, 6.45) is 1.86. The van der Waals surface area contributed by atoms with Crippen LogP contribution < -0.4 is 5.32 Å². The van der Waals surface area contributed by atoms with E-state index in [0.29, 0.717) is 11.8 Å². The van der Waals surface area contributed by atoms with E-state index in [-0.39, 0.29) is 5.54 Å². The number of nitrogens with zero attached hydrogens (tertiary/aromatic N) is 1. The Bertz CT molecular complexity index is 569. The largest absolute Gasteiger partial charge is 0.312 e. The van der Waals surface area contributed by atoms with Crippen molar-refractivity contribution in [2.45, 2.75) is 46.1 Å². The Hall–Kier alpha value is -1.41. The predicted molar refractivity (Wildman–Crippen MR) is 87.1 cm³/mol. The van der Waals surface area contributed by atoms with E-state index in [2.05, 4.69) is 69.2 Å². The molecule has 2 heteroatoms. The fourth-order valence-electron chi connectivity index (χ4n) is 2.34. The number of aromatic nitrogens is 1. The standard InChI is InChI=1S/C18H26N2/c1-13(12-20-18(3,4)5)14(2)16-9-8-15-7-6-10-19-17(15)11-16/h6-11,13-14,20H,12H2,1-5H3. The molecule has 1 N–H and O–H groups in total. The van der Waals surface area contributed by atoms with Gasteiger partial charge < -0.3 is 5.32 Å². The first kappa shape index (κ1) is 15.0. The van der Waals surface area contributed by atoms with Crippen molar-refractivity contribution in [3.8, 4) is 0 Å². The molecule has 108 valence electrons. The molecule has 0 aliphatic rings. The van der Waals surface area contributed by atoms with Crippen molar-refractivity contribution >= 4 is 10.9 Å². The second-order valence-corrected chi connectivity index (χ2v) is 6.85. The summed E-state index contributed by atoms with van der Waals surface area (Å²) in [6.45, 7) is 12.3. The van der Waals surface area contributed by atoms with Gasteiger partial charge in [0.1, 0.15) is 0 Å². The summed E-state index contributed by atoms with van der Waals surface area (Å²) in [7, 11) is 0. The molecule has 20 heavy (non-hydrogen) atoms. The molecule has 1 aromatic carbocycles. The number of nitrogens with one attached hydrogen (secondary N) is 1. The minimum Gasteiger partial charge on any atom is -0.312 e. The lowest BCUT2D eigenvalue weighted by molar-refractivity contribution is 0.359. The summed E-state index contributed by atoms with van der Waals surface area (Å²) in [5.41, 5.74) is 2.64. The van der Waals surface area contributed by atoms with Gasteiger partial charge in [-0.15, -0.1) is 0 Å². The van der Waals surface area contributed by atoms with Gasteiger partial charge in [-0.2, -0.15) is 0 Å². The molecular weight excluding hydrogens is 244 g/mol. The van der Waals surface area contributed by atoms with Crippen LogP contribution in [0.15, 0.2) is 36.5 Å². The predicted octanol–water partition coefficient (Wildman–Crippen LogP) is 4.36. The zero-order chi connectivity index (χ0) is 14.8. The Morgan fingerprint density at radius 2 is 1.90 bits per heavy atom. The Balaban J connectivity index is 2.12. The average molecular weight is 270 g/mol. The summed E-state index contributed by atoms with van der Waals surface area (Å²) in [6, 6.07) is 10.7. The van der Waals surface area contributed by atoms with E-state index in [4.69, 9.17) is 0 Å². The molecule has 1 heterocycles. The number of benzene rings is 1. The number of hydrogen-bond donors (Lipinski definition) is 1. The lowest BCUT2D eigenvalue weighted by Crippen LogP contribution is -2.39. The van der Waals surface area contributed by atoms with E-state index in [1.165, 1.54) is 10.9 Å². The second kappa shape index (κ2) is 5.92. The lowest BCUT2D eigenvalue weighted by atomic mass is 9.88. The molecule has 0 aliphatic carbocycles. The van der Waals surface area contributed by atoms with Crippen LogP contribution in [0, 0.1) is 5.92 Å². The summed E-state index contributed by atoms with van der Waals surface area (Å²) in [5.74, 6) is 1.12. The van der Waals surface area contributed by atoms with E-state index in [1.807, 2.05) is 12.3 Å². The van der Waals surface area contributed by atoms with Crippen LogP contribution in [0.25, 0.3) is 10.9 Å². The highest BCUT2D eigenvalue weighted by Gasteiger charge is 2.17. The third-order valence-electron chi connectivity index (χ3n) is 3.96. The van der Waals surface area contributed by atoms with Crippen molar-refractivity contribution in [3.63, 3.8) is 0 Å². The van der Waals surface area contributed by atoms with E-state index in [0.717, 1.165) is 12.1 Å². The van der Waals surface area contributed by atoms with Crippen LogP contribution in [-0.4, -0.2) is 17.1 Å². The molecule has 2 rings (SSSR count). The van der Waals surface area contributed by atoms with Crippen molar-refractivity contribution < 1.29 is 0 Å².